The Morgan fingerprint density at radius 3 is 2.48 bits per heavy atom. The molecule has 0 fully saturated rings. The minimum Gasteiger partial charge on any atom is -0.378 e. The quantitative estimate of drug-likeness (QED) is 0.642. The van der Waals surface area contributed by atoms with Crippen molar-refractivity contribution < 1.29 is 4.57 Å². The summed E-state index contributed by atoms with van der Waals surface area (Å²) >= 11 is 0. The zero-order valence-corrected chi connectivity index (χ0v) is 16.2. The lowest BCUT2D eigenvalue weighted by molar-refractivity contribution is 0.588. The van der Waals surface area contributed by atoms with Gasteiger partial charge in [0.2, 0.25) is 0 Å². The number of anilines is 2. The third-order valence-electron chi connectivity index (χ3n) is 5.28. The maximum absolute atomic E-state index is 14.3. The van der Waals surface area contributed by atoms with Gasteiger partial charge < -0.3 is 9.80 Å². The van der Waals surface area contributed by atoms with Crippen LogP contribution in [0.15, 0.2) is 77.6 Å². The van der Waals surface area contributed by atoms with E-state index in [0.29, 0.717) is 0 Å². The molecule has 1 atom stereocenters. The molecule has 4 nitrogen and oxygen atoms in total. The molecule has 3 aromatic rings. The summed E-state index contributed by atoms with van der Waals surface area (Å²) < 4.78 is 19.2. The van der Waals surface area contributed by atoms with E-state index in [1.54, 1.807) is 0 Å². The first-order valence-electron chi connectivity index (χ1n) is 9.01. The van der Waals surface area contributed by atoms with E-state index in [1.807, 2.05) is 68.7 Å². The van der Waals surface area contributed by atoms with Crippen LogP contribution in [0.3, 0.4) is 0 Å². The highest BCUT2D eigenvalue weighted by Crippen LogP contribution is 2.53. The Morgan fingerprint density at radius 2 is 1.70 bits per heavy atom. The predicted molar refractivity (Wildman–Crippen MR) is 113 cm³/mol. The fraction of sp³-hybridized carbons (Fsp3) is 0.136. The number of nitrogens with zero attached hydrogens (tertiary/aromatic N) is 3. The third-order valence-corrected chi connectivity index (χ3v) is 7.78. The molecule has 5 rings (SSSR count). The lowest BCUT2D eigenvalue weighted by Gasteiger charge is -2.32. The largest absolute Gasteiger partial charge is 0.378 e. The molecule has 27 heavy (non-hydrogen) atoms. The summed E-state index contributed by atoms with van der Waals surface area (Å²) in [6, 6.07) is 24.1. The summed E-state index contributed by atoms with van der Waals surface area (Å²) in [5.74, 6) is 0.821. The fourth-order valence-corrected chi connectivity index (χ4v) is 6.18. The smallest absolute Gasteiger partial charge is 0.251 e. The van der Waals surface area contributed by atoms with Crippen molar-refractivity contribution in [2.24, 2.45) is 4.76 Å². The molecule has 0 bridgehead atoms. The maximum atomic E-state index is 14.3. The minimum atomic E-state index is -3.10. The van der Waals surface area contributed by atoms with E-state index >= 15 is 0 Å². The van der Waals surface area contributed by atoms with Crippen LogP contribution in [0.25, 0.3) is 0 Å². The lowest BCUT2D eigenvalue weighted by atomic mass is 10.1. The molecule has 2 aliphatic heterocycles. The number of hydrogen-bond donors (Lipinski definition) is 0. The second-order valence-corrected chi connectivity index (χ2v) is 9.50. The van der Waals surface area contributed by atoms with E-state index in [9.17, 15) is 4.57 Å². The molecular weight excluding hydrogens is 353 g/mol. The minimum absolute atomic E-state index is 0.758. The molecule has 134 valence electrons. The van der Waals surface area contributed by atoms with Gasteiger partial charge in [-0.3, -0.25) is 4.57 Å². The normalized spacial score (nSPS) is 19.8. The Kier molecular flexibility index (Phi) is 3.53. The first kappa shape index (κ1) is 16.3. The van der Waals surface area contributed by atoms with Crippen LogP contribution in [-0.2, 0) is 11.1 Å². The van der Waals surface area contributed by atoms with Gasteiger partial charge in [-0.25, -0.2) is 0 Å². The van der Waals surface area contributed by atoms with Crippen LogP contribution in [0, 0.1) is 0 Å². The van der Waals surface area contributed by atoms with E-state index in [1.165, 1.54) is 5.56 Å². The highest BCUT2D eigenvalue weighted by Gasteiger charge is 2.40. The van der Waals surface area contributed by atoms with Gasteiger partial charge in [-0.1, -0.05) is 42.5 Å². The Morgan fingerprint density at radius 1 is 0.963 bits per heavy atom. The van der Waals surface area contributed by atoms with Crippen molar-refractivity contribution >= 4 is 35.1 Å². The van der Waals surface area contributed by atoms with Crippen LogP contribution in [0.2, 0.25) is 0 Å². The summed E-state index contributed by atoms with van der Waals surface area (Å²) in [4.78, 5) is 4.27. The van der Waals surface area contributed by atoms with Gasteiger partial charge in [0.1, 0.15) is 5.84 Å². The van der Waals surface area contributed by atoms with Crippen molar-refractivity contribution in [3.8, 4) is 0 Å². The number of rotatable bonds is 2. The third kappa shape index (κ3) is 2.37. The molecule has 5 heteroatoms. The second-order valence-electron chi connectivity index (χ2n) is 7.15. The Hall–Kier alpha value is -2.84. The Balaban J connectivity index is 1.81. The van der Waals surface area contributed by atoms with E-state index in [-0.39, 0.29) is 0 Å². The number of benzene rings is 3. The first-order valence-corrected chi connectivity index (χ1v) is 10.7. The van der Waals surface area contributed by atoms with Gasteiger partial charge in [0.05, 0.1) is 17.5 Å². The molecule has 0 amide bonds. The van der Waals surface area contributed by atoms with Gasteiger partial charge in [0.25, 0.3) is 7.29 Å². The molecule has 2 heterocycles. The van der Waals surface area contributed by atoms with Crippen LogP contribution in [0.5, 0.6) is 0 Å². The molecule has 1 unspecified atom stereocenters. The topological polar surface area (TPSA) is 35.9 Å². The maximum Gasteiger partial charge on any atom is 0.251 e. The van der Waals surface area contributed by atoms with Crippen LogP contribution in [0.1, 0.15) is 11.1 Å². The van der Waals surface area contributed by atoms with Crippen molar-refractivity contribution in [2.45, 2.75) is 6.54 Å². The monoisotopic (exact) mass is 373 g/mol. The number of hydrogen-bond acceptors (Lipinski definition) is 3. The molecule has 0 radical (unpaired) electrons. The fourth-order valence-electron chi connectivity index (χ4n) is 3.85. The Labute approximate surface area is 159 Å². The summed E-state index contributed by atoms with van der Waals surface area (Å²) in [6.07, 6.45) is 0. The lowest BCUT2D eigenvalue weighted by Crippen LogP contribution is -2.35. The molecule has 0 aliphatic carbocycles. The summed E-state index contributed by atoms with van der Waals surface area (Å²) in [5.41, 5.74) is 4.38. The predicted octanol–water partition coefficient (Wildman–Crippen LogP) is 3.76. The van der Waals surface area contributed by atoms with Crippen molar-refractivity contribution in [1.29, 1.82) is 0 Å². The van der Waals surface area contributed by atoms with Gasteiger partial charge in [0.15, 0.2) is 0 Å². The van der Waals surface area contributed by atoms with Gasteiger partial charge in [0, 0.05) is 30.7 Å². The number of fused-ring (bicyclic) bond motifs is 5. The average molecular weight is 373 g/mol. The summed E-state index contributed by atoms with van der Waals surface area (Å²) in [5, 5.41) is 1.59. The highest BCUT2D eigenvalue weighted by atomic mass is 31.2. The van der Waals surface area contributed by atoms with Crippen LogP contribution in [0.4, 0.5) is 11.4 Å². The molecule has 0 spiro atoms. The molecule has 0 saturated carbocycles. The van der Waals surface area contributed by atoms with Crippen molar-refractivity contribution in [3.63, 3.8) is 0 Å². The molecule has 0 aromatic heterocycles. The SMILES string of the molecule is CN(C)c1ccc2c(c1)N1Cc3ccccc3C1=NP2(=O)c1ccccc1. The first-order chi connectivity index (χ1) is 13.1. The molecule has 2 aliphatic rings. The van der Waals surface area contributed by atoms with Crippen LogP contribution in [-0.4, -0.2) is 19.9 Å². The zero-order valence-electron chi connectivity index (χ0n) is 15.3. The standard InChI is InChI=1S/C22H20N3OP/c1-24(2)17-12-13-21-20(14-17)25-15-16-8-6-7-11-19(16)22(25)23-27(21,26)18-9-4-3-5-10-18/h3-14H,15H2,1-2H3. The van der Waals surface area contributed by atoms with Gasteiger partial charge in [-0.2, -0.15) is 4.76 Å². The van der Waals surface area contributed by atoms with Gasteiger partial charge >= 0.3 is 0 Å². The second kappa shape index (κ2) is 5.83. The Bertz CT molecular complexity index is 1120. The molecule has 0 saturated heterocycles. The number of amidine groups is 1. The molecular formula is C22H20N3OP. The highest BCUT2D eigenvalue weighted by molar-refractivity contribution is 7.78. The summed E-state index contributed by atoms with van der Waals surface area (Å²) in [6.45, 7) is 0.758. The van der Waals surface area contributed by atoms with E-state index in [4.69, 9.17) is 4.76 Å². The van der Waals surface area contributed by atoms with E-state index in [2.05, 4.69) is 28.0 Å². The van der Waals surface area contributed by atoms with Crippen LogP contribution < -0.4 is 20.4 Å². The van der Waals surface area contributed by atoms with Crippen molar-refractivity contribution in [2.75, 3.05) is 23.9 Å². The van der Waals surface area contributed by atoms with Crippen LogP contribution >= 0.6 is 7.29 Å². The molecule has 0 N–H and O–H groups in total. The van der Waals surface area contributed by atoms with Crippen molar-refractivity contribution in [3.05, 3.63) is 83.9 Å². The van der Waals surface area contributed by atoms with E-state index in [0.717, 1.165) is 39.9 Å². The summed E-state index contributed by atoms with van der Waals surface area (Å²) in [7, 11) is 0.942. The van der Waals surface area contributed by atoms with Crippen molar-refractivity contribution in [1.82, 2.24) is 0 Å². The zero-order chi connectivity index (χ0) is 18.6. The van der Waals surface area contributed by atoms with Gasteiger partial charge in [-0.05, 0) is 35.9 Å². The van der Waals surface area contributed by atoms with E-state index < -0.39 is 7.29 Å². The van der Waals surface area contributed by atoms with Gasteiger partial charge in [-0.15, -0.1) is 0 Å². The molecule has 3 aromatic carbocycles. The average Bonchev–Trinajstić information content (AvgIpc) is 3.07.